The molecule has 1 aliphatic heterocycles. The van der Waals surface area contributed by atoms with Gasteiger partial charge >= 0.3 is 0 Å². The third-order valence-electron chi connectivity index (χ3n) is 5.09. The van der Waals surface area contributed by atoms with Crippen LogP contribution >= 0.6 is 0 Å². The van der Waals surface area contributed by atoms with E-state index in [1.54, 1.807) is 24.1 Å². The number of piperidine rings is 1. The van der Waals surface area contributed by atoms with Crippen molar-refractivity contribution in [1.82, 2.24) is 15.5 Å². The Labute approximate surface area is 171 Å². The number of likely N-dealkylation sites (tertiary alicyclic amines) is 1. The van der Waals surface area contributed by atoms with Crippen LogP contribution in [0.5, 0.6) is 0 Å². The number of hydrogen-bond acceptors (Lipinski definition) is 5. The molecule has 8 heteroatoms. The normalized spacial score (nSPS) is 15.6. The molecule has 2 N–H and O–H groups in total. The van der Waals surface area contributed by atoms with Crippen LogP contribution in [0.4, 0.5) is 0 Å². The molecular formula is C21H31N3O5. The maximum absolute atomic E-state index is 12.8. The number of amides is 3. The number of carbonyl (C=O) groups excluding carboxylic acids is 3. The molecule has 0 bridgehead atoms. The molecule has 160 valence electrons. The molecule has 8 nitrogen and oxygen atoms in total. The van der Waals surface area contributed by atoms with E-state index in [0.29, 0.717) is 44.6 Å². The summed E-state index contributed by atoms with van der Waals surface area (Å²) in [5.41, 5.74) is 1.50. The van der Waals surface area contributed by atoms with E-state index in [2.05, 4.69) is 10.6 Å². The Morgan fingerprint density at radius 2 is 1.90 bits per heavy atom. The van der Waals surface area contributed by atoms with Crippen LogP contribution in [0.1, 0.15) is 28.8 Å². The summed E-state index contributed by atoms with van der Waals surface area (Å²) in [6.07, 6.45) is 1.26. The minimum atomic E-state index is -0.667. The van der Waals surface area contributed by atoms with E-state index >= 15 is 0 Å². The predicted octanol–water partition coefficient (Wildman–Crippen LogP) is 0.741. The highest BCUT2D eigenvalue weighted by Crippen LogP contribution is 2.22. The molecule has 1 atom stereocenters. The fourth-order valence-electron chi connectivity index (χ4n) is 3.49. The monoisotopic (exact) mass is 405 g/mol. The molecule has 1 heterocycles. The highest BCUT2D eigenvalue weighted by Gasteiger charge is 2.33. The molecule has 29 heavy (non-hydrogen) atoms. The van der Waals surface area contributed by atoms with E-state index in [-0.39, 0.29) is 30.2 Å². The second-order valence-electron chi connectivity index (χ2n) is 7.26. The quantitative estimate of drug-likeness (QED) is 0.591. The summed E-state index contributed by atoms with van der Waals surface area (Å²) in [6.45, 7) is 3.81. The molecule has 1 fully saturated rings. The zero-order chi connectivity index (χ0) is 21.2. The van der Waals surface area contributed by atoms with Gasteiger partial charge in [0, 0.05) is 39.4 Å². The molecule has 1 aliphatic rings. The number of nitrogens with zero attached hydrogens (tertiary/aromatic N) is 1. The van der Waals surface area contributed by atoms with Crippen LogP contribution in [0.25, 0.3) is 0 Å². The second kappa shape index (κ2) is 11.5. The summed E-state index contributed by atoms with van der Waals surface area (Å²) in [5, 5.41) is 5.73. The van der Waals surface area contributed by atoms with Gasteiger partial charge in [0.1, 0.15) is 12.6 Å². The summed E-state index contributed by atoms with van der Waals surface area (Å²) in [7, 11) is 3.06. The van der Waals surface area contributed by atoms with Crippen molar-refractivity contribution >= 4 is 17.7 Å². The number of nitrogens with one attached hydrogen (secondary N) is 2. The summed E-state index contributed by atoms with van der Waals surface area (Å²) in [5.74, 6) is -0.628. The van der Waals surface area contributed by atoms with Gasteiger partial charge in [0.05, 0.1) is 6.61 Å². The molecule has 2 rings (SSSR count). The van der Waals surface area contributed by atoms with Gasteiger partial charge in [-0.25, -0.2) is 0 Å². The van der Waals surface area contributed by atoms with E-state index in [4.69, 9.17) is 9.47 Å². The topological polar surface area (TPSA) is 97.0 Å². The summed E-state index contributed by atoms with van der Waals surface area (Å²) < 4.78 is 9.90. The standard InChI is InChI=1S/C21H31N3O5/c1-15-5-4-6-17(13-15)20(26)23-19(21(27)22-9-12-28-2)16-7-10-24(11-8-16)18(25)14-29-3/h4-6,13,16,19H,7-12,14H2,1-3H3,(H,22,27)(H,23,26). The first kappa shape index (κ1) is 22.8. The van der Waals surface area contributed by atoms with Crippen molar-refractivity contribution in [2.75, 3.05) is 47.1 Å². The van der Waals surface area contributed by atoms with Crippen molar-refractivity contribution in [2.24, 2.45) is 5.92 Å². The van der Waals surface area contributed by atoms with Gasteiger partial charge in [-0.2, -0.15) is 0 Å². The van der Waals surface area contributed by atoms with Crippen molar-refractivity contribution in [3.05, 3.63) is 35.4 Å². The number of methoxy groups -OCH3 is 2. The van der Waals surface area contributed by atoms with Gasteiger partial charge in [0.15, 0.2) is 0 Å². The predicted molar refractivity (Wildman–Crippen MR) is 108 cm³/mol. The number of ether oxygens (including phenoxy) is 2. The summed E-state index contributed by atoms with van der Waals surface area (Å²) in [6, 6.07) is 6.59. The molecule has 3 amide bonds. The number of benzene rings is 1. The Hall–Kier alpha value is -2.45. The van der Waals surface area contributed by atoms with Gasteiger partial charge in [-0.15, -0.1) is 0 Å². The fraction of sp³-hybridized carbons (Fsp3) is 0.571. The van der Waals surface area contributed by atoms with Gasteiger partial charge in [0.25, 0.3) is 5.91 Å². The van der Waals surface area contributed by atoms with Crippen LogP contribution in [-0.4, -0.2) is 75.7 Å². The molecular weight excluding hydrogens is 374 g/mol. The highest BCUT2D eigenvalue weighted by molar-refractivity contribution is 5.97. The van der Waals surface area contributed by atoms with E-state index in [9.17, 15) is 14.4 Å². The first-order valence-electron chi connectivity index (χ1n) is 9.87. The molecule has 0 aromatic heterocycles. The molecule has 0 aliphatic carbocycles. The Kier molecular flexibility index (Phi) is 9.08. The first-order chi connectivity index (χ1) is 14.0. The van der Waals surface area contributed by atoms with Crippen molar-refractivity contribution in [3.8, 4) is 0 Å². The van der Waals surface area contributed by atoms with Crippen molar-refractivity contribution in [2.45, 2.75) is 25.8 Å². The van der Waals surface area contributed by atoms with Crippen molar-refractivity contribution in [1.29, 1.82) is 0 Å². The lowest BCUT2D eigenvalue weighted by Crippen LogP contribution is -2.54. The van der Waals surface area contributed by atoms with Crippen LogP contribution < -0.4 is 10.6 Å². The minimum Gasteiger partial charge on any atom is -0.383 e. The molecule has 1 saturated heterocycles. The summed E-state index contributed by atoms with van der Waals surface area (Å²) >= 11 is 0. The molecule has 0 radical (unpaired) electrons. The number of aryl methyl sites for hydroxylation is 1. The van der Waals surface area contributed by atoms with E-state index in [1.807, 2.05) is 19.1 Å². The fourth-order valence-corrected chi connectivity index (χ4v) is 3.49. The number of carbonyl (C=O) groups is 3. The van der Waals surface area contributed by atoms with Gasteiger partial charge < -0.3 is 25.0 Å². The van der Waals surface area contributed by atoms with Gasteiger partial charge in [-0.3, -0.25) is 14.4 Å². The maximum atomic E-state index is 12.8. The highest BCUT2D eigenvalue weighted by atomic mass is 16.5. The number of hydrogen-bond donors (Lipinski definition) is 2. The van der Waals surface area contributed by atoms with E-state index < -0.39 is 6.04 Å². The van der Waals surface area contributed by atoms with Crippen LogP contribution in [0.2, 0.25) is 0 Å². The zero-order valence-corrected chi connectivity index (χ0v) is 17.4. The smallest absolute Gasteiger partial charge is 0.251 e. The van der Waals surface area contributed by atoms with Gasteiger partial charge in [-0.05, 0) is 37.8 Å². The third kappa shape index (κ3) is 6.83. The average Bonchev–Trinajstić information content (AvgIpc) is 2.72. The lowest BCUT2D eigenvalue weighted by Gasteiger charge is -2.35. The first-order valence-corrected chi connectivity index (χ1v) is 9.87. The largest absolute Gasteiger partial charge is 0.383 e. The molecule has 1 aromatic rings. The molecule has 1 unspecified atom stereocenters. The van der Waals surface area contributed by atoms with Crippen LogP contribution in [0.15, 0.2) is 24.3 Å². The summed E-state index contributed by atoms with van der Waals surface area (Å²) in [4.78, 5) is 39.3. The Morgan fingerprint density at radius 3 is 2.52 bits per heavy atom. The third-order valence-corrected chi connectivity index (χ3v) is 5.09. The Balaban J connectivity index is 2.06. The van der Waals surface area contributed by atoms with Gasteiger partial charge in [0.2, 0.25) is 11.8 Å². The number of rotatable bonds is 9. The second-order valence-corrected chi connectivity index (χ2v) is 7.26. The van der Waals surface area contributed by atoms with Gasteiger partial charge in [-0.1, -0.05) is 17.7 Å². The van der Waals surface area contributed by atoms with E-state index in [1.165, 1.54) is 7.11 Å². The van der Waals surface area contributed by atoms with E-state index in [0.717, 1.165) is 5.56 Å². The average molecular weight is 405 g/mol. The lowest BCUT2D eigenvalue weighted by molar-refractivity contribution is -0.136. The zero-order valence-electron chi connectivity index (χ0n) is 17.4. The lowest BCUT2D eigenvalue weighted by atomic mass is 9.88. The molecule has 0 saturated carbocycles. The van der Waals surface area contributed by atoms with Crippen molar-refractivity contribution < 1.29 is 23.9 Å². The Morgan fingerprint density at radius 1 is 1.17 bits per heavy atom. The molecule has 1 aromatic carbocycles. The van der Waals surface area contributed by atoms with Crippen molar-refractivity contribution in [3.63, 3.8) is 0 Å². The SMILES string of the molecule is COCCNC(=O)C(NC(=O)c1cccc(C)c1)C1CCN(C(=O)COC)CC1. The maximum Gasteiger partial charge on any atom is 0.251 e. The molecule has 0 spiro atoms. The van der Waals surface area contributed by atoms with Crippen LogP contribution in [0.3, 0.4) is 0 Å². The van der Waals surface area contributed by atoms with Crippen LogP contribution in [-0.2, 0) is 19.1 Å². The Bertz CT molecular complexity index is 701. The minimum absolute atomic E-state index is 0.0513. The van der Waals surface area contributed by atoms with Crippen LogP contribution in [0, 0.1) is 12.8 Å².